The number of aryl methyl sites for hydroxylation is 1. The standard InChI is InChI=1S/C24H20N4O5/c1-15-5-10-20(33-2)19(12-15)26-22-21(17-6-8-18(9-7-17)28(31)32)23(29)27(24(22)30)14-16-4-3-11-25-13-16/h3-13,26H,14H2,1-2H3. The van der Waals surface area contributed by atoms with Crippen LogP contribution in [0.5, 0.6) is 5.75 Å². The number of nitrogens with zero attached hydrogens (tertiary/aromatic N) is 3. The Morgan fingerprint density at radius 2 is 1.85 bits per heavy atom. The maximum Gasteiger partial charge on any atom is 0.278 e. The lowest BCUT2D eigenvalue weighted by atomic mass is 10.0. The molecule has 0 atom stereocenters. The average molecular weight is 444 g/mol. The summed E-state index contributed by atoms with van der Waals surface area (Å²) in [5, 5.41) is 14.1. The van der Waals surface area contributed by atoms with Gasteiger partial charge in [0.1, 0.15) is 11.4 Å². The van der Waals surface area contributed by atoms with E-state index in [0.29, 0.717) is 22.6 Å². The molecule has 2 heterocycles. The molecule has 0 fully saturated rings. The Morgan fingerprint density at radius 1 is 1.09 bits per heavy atom. The minimum absolute atomic E-state index is 0.0398. The summed E-state index contributed by atoms with van der Waals surface area (Å²) in [7, 11) is 1.51. The van der Waals surface area contributed by atoms with Gasteiger partial charge in [-0.25, -0.2) is 0 Å². The van der Waals surface area contributed by atoms with Gasteiger partial charge in [-0.05, 0) is 53.9 Å². The minimum atomic E-state index is -0.523. The summed E-state index contributed by atoms with van der Waals surface area (Å²) in [6.45, 7) is 1.94. The number of non-ortho nitro benzene ring substituents is 1. The van der Waals surface area contributed by atoms with Gasteiger partial charge in [0.15, 0.2) is 0 Å². The molecule has 0 spiro atoms. The number of methoxy groups -OCH3 is 1. The molecule has 4 rings (SSSR count). The van der Waals surface area contributed by atoms with Gasteiger partial charge in [-0.2, -0.15) is 0 Å². The molecular formula is C24H20N4O5. The second kappa shape index (κ2) is 8.91. The summed E-state index contributed by atoms with van der Waals surface area (Å²) in [4.78, 5) is 42.5. The molecule has 0 bridgehead atoms. The average Bonchev–Trinajstić information content (AvgIpc) is 3.04. The van der Waals surface area contributed by atoms with E-state index < -0.39 is 16.7 Å². The summed E-state index contributed by atoms with van der Waals surface area (Å²) in [5.41, 5.74) is 2.62. The Bertz CT molecular complexity index is 1270. The van der Waals surface area contributed by atoms with Crippen molar-refractivity contribution in [2.45, 2.75) is 13.5 Å². The number of imide groups is 1. The third-order valence-electron chi connectivity index (χ3n) is 5.21. The highest BCUT2D eigenvalue weighted by atomic mass is 16.6. The zero-order valence-electron chi connectivity index (χ0n) is 17.9. The SMILES string of the molecule is COc1ccc(C)cc1NC1=C(c2ccc([N+](=O)[O-])cc2)C(=O)N(Cc2cccnc2)C1=O. The van der Waals surface area contributed by atoms with Crippen LogP contribution in [0.15, 0.2) is 72.7 Å². The molecule has 0 unspecified atom stereocenters. The molecule has 1 aliphatic rings. The molecule has 166 valence electrons. The van der Waals surface area contributed by atoms with Gasteiger partial charge in [-0.3, -0.25) is 29.6 Å². The number of carbonyl (C=O) groups is 2. The summed E-state index contributed by atoms with van der Waals surface area (Å²) >= 11 is 0. The topological polar surface area (TPSA) is 115 Å². The summed E-state index contributed by atoms with van der Waals surface area (Å²) < 4.78 is 5.40. The lowest BCUT2D eigenvalue weighted by molar-refractivity contribution is -0.384. The molecule has 9 heteroatoms. The fraction of sp³-hybridized carbons (Fsp3) is 0.125. The van der Waals surface area contributed by atoms with Crippen molar-refractivity contribution in [2.75, 3.05) is 12.4 Å². The first kappa shape index (κ1) is 21.7. The number of anilines is 1. The van der Waals surface area contributed by atoms with Crippen LogP contribution in [0.4, 0.5) is 11.4 Å². The van der Waals surface area contributed by atoms with E-state index in [1.54, 1.807) is 36.7 Å². The predicted octanol–water partition coefficient (Wildman–Crippen LogP) is 3.70. The summed E-state index contributed by atoms with van der Waals surface area (Å²) in [6.07, 6.45) is 3.19. The number of pyridine rings is 1. The van der Waals surface area contributed by atoms with Gasteiger partial charge in [-0.1, -0.05) is 12.1 Å². The van der Waals surface area contributed by atoms with E-state index in [4.69, 9.17) is 4.74 Å². The molecule has 3 aromatic rings. The number of ether oxygens (including phenoxy) is 1. The van der Waals surface area contributed by atoms with Crippen molar-refractivity contribution in [3.63, 3.8) is 0 Å². The molecule has 33 heavy (non-hydrogen) atoms. The van der Waals surface area contributed by atoms with Crippen LogP contribution in [0.25, 0.3) is 5.57 Å². The van der Waals surface area contributed by atoms with Gasteiger partial charge in [0.2, 0.25) is 0 Å². The maximum absolute atomic E-state index is 13.4. The number of carbonyl (C=O) groups excluding carboxylic acids is 2. The quantitative estimate of drug-likeness (QED) is 0.336. The zero-order valence-corrected chi connectivity index (χ0v) is 17.9. The van der Waals surface area contributed by atoms with Crippen LogP contribution < -0.4 is 10.1 Å². The molecule has 1 aromatic heterocycles. The second-order valence-corrected chi connectivity index (χ2v) is 7.44. The Labute approximate surface area is 189 Å². The third kappa shape index (κ3) is 4.29. The molecule has 0 aliphatic carbocycles. The molecule has 0 saturated heterocycles. The summed E-state index contributed by atoms with van der Waals surface area (Å²) in [6, 6.07) is 14.5. The van der Waals surface area contributed by atoms with Crippen molar-refractivity contribution in [2.24, 2.45) is 0 Å². The molecule has 2 amide bonds. The van der Waals surface area contributed by atoms with Gasteiger partial charge < -0.3 is 10.1 Å². The zero-order chi connectivity index (χ0) is 23.5. The van der Waals surface area contributed by atoms with Crippen LogP contribution in [0.3, 0.4) is 0 Å². The Hall–Kier alpha value is -4.53. The number of aromatic nitrogens is 1. The minimum Gasteiger partial charge on any atom is -0.495 e. The highest BCUT2D eigenvalue weighted by Crippen LogP contribution is 2.35. The van der Waals surface area contributed by atoms with Crippen molar-refractivity contribution in [1.82, 2.24) is 9.88 Å². The number of amides is 2. The molecule has 0 saturated carbocycles. The van der Waals surface area contributed by atoms with Crippen LogP contribution in [0, 0.1) is 17.0 Å². The predicted molar refractivity (Wildman–Crippen MR) is 121 cm³/mol. The van der Waals surface area contributed by atoms with Gasteiger partial charge >= 0.3 is 0 Å². The Morgan fingerprint density at radius 3 is 2.48 bits per heavy atom. The van der Waals surface area contributed by atoms with Crippen LogP contribution in [-0.2, 0) is 16.1 Å². The van der Waals surface area contributed by atoms with Crippen LogP contribution in [-0.4, -0.2) is 33.7 Å². The lowest BCUT2D eigenvalue weighted by Crippen LogP contribution is -2.32. The highest BCUT2D eigenvalue weighted by molar-refractivity contribution is 6.36. The fourth-order valence-electron chi connectivity index (χ4n) is 3.58. The van der Waals surface area contributed by atoms with Gasteiger partial charge in [0.05, 0.1) is 29.8 Å². The normalized spacial score (nSPS) is 13.5. The second-order valence-electron chi connectivity index (χ2n) is 7.44. The van der Waals surface area contributed by atoms with Gasteiger partial charge in [-0.15, -0.1) is 0 Å². The summed E-state index contributed by atoms with van der Waals surface area (Å²) in [5.74, 6) is -0.519. The van der Waals surface area contributed by atoms with Crippen LogP contribution >= 0.6 is 0 Å². The number of hydrogen-bond acceptors (Lipinski definition) is 7. The van der Waals surface area contributed by atoms with Crippen molar-refractivity contribution in [3.8, 4) is 5.75 Å². The lowest BCUT2D eigenvalue weighted by Gasteiger charge is -2.16. The molecule has 1 aliphatic heterocycles. The Kier molecular flexibility index (Phi) is 5.86. The molecule has 0 radical (unpaired) electrons. The molecule has 1 N–H and O–H groups in total. The molecule has 2 aromatic carbocycles. The van der Waals surface area contributed by atoms with Crippen LogP contribution in [0.2, 0.25) is 0 Å². The number of nitrogens with one attached hydrogen (secondary N) is 1. The maximum atomic E-state index is 13.4. The van der Waals surface area contributed by atoms with Crippen molar-refractivity contribution in [1.29, 1.82) is 0 Å². The van der Waals surface area contributed by atoms with Crippen molar-refractivity contribution in [3.05, 3.63) is 99.5 Å². The third-order valence-corrected chi connectivity index (χ3v) is 5.21. The largest absolute Gasteiger partial charge is 0.495 e. The van der Waals surface area contributed by atoms with E-state index in [9.17, 15) is 19.7 Å². The van der Waals surface area contributed by atoms with Crippen molar-refractivity contribution >= 4 is 28.8 Å². The fourth-order valence-corrected chi connectivity index (χ4v) is 3.58. The first-order valence-corrected chi connectivity index (χ1v) is 10.0. The van der Waals surface area contributed by atoms with E-state index in [0.717, 1.165) is 10.5 Å². The number of rotatable bonds is 7. The van der Waals surface area contributed by atoms with E-state index in [-0.39, 0.29) is 23.5 Å². The van der Waals surface area contributed by atoms with Gasteiger partial charge in [0.25, 0.3) is 17.5 Å². The number of benzene rings is 2. The van der Waals surface area contributed by atoms with E-state index in [2.05, 4.69) is 10.3 Å². The first-order valence-electron chi connectivity index (χ1n) is 10.0. The first-order chi connectivity index (χ1) is 15.9. The van der Waals surface area contributed by atoms with E-state index >= 15 is 0 Å². The molecular weight excluding hydrogens is 424 g/mol. The number of nitro groups is 1. The highest BCUT2D eigenvalue weighted by Gasteiger charge is 2.39. The van der Waals surface area contributed by atoms with Crippen LogP contribution in [0.1, 0.15) is 16.7 Å². The smallest absolute Gasteiger partial charge is 0.278 e. The van der Waals surface area contributed by atoms with Gasteiger partial charge in [0, 0.05) is 24.5 Å². The molecule has 9 nitrogen and oxygen atoms in total. The number of nitro benzene ring substituents is 1. The monoisotopic (exact) mass is 444 g/mol. The van der Waals surface area contributed by atoms with E-state index in [1.165, 1.54) is 31.4 Å². The Balaban J connectivity index is 1.79. The number of hydrogen-bond donors (Lipinski definition) is 1. The van der Waals surface area contributed by atoms with E-state index in [1.807, 2.05) is 13.0 Å². The van der Waals surface area contributed by atoms with Crippen molar-refractivity contribution < 1.29 is 19.2 Å².